The molecule has 7 nitrogen and oxygen atoms in total. The van der Waals surface area contributed by atoms with E-state index in [4.69, 9.17) is 0 Å². The van der Waals surface area contributed by atoms with E-state index in [1.807, 2.05) is 44.2 Å². The van der Waals surface area contributed by atoms with Crippen LogP contribution in [0.1, 0.15) is 39.2 Å². The Morgan fingerprint density at radius 2 is 1.61 bits per heavy atom. The molecule has 0 unspecified atom stereocenters. The van der Waals surface area contributed by atoms with Gasteiger partial charge in [-0.15, -0.1) is 0 Å². The fourth-order valence-corrected chi connectivity index (χ4v) is 4.60. The number of amides is 2. The van der Waals surface area contributed by atoms with Gasteiger partial charge in [0.15, 0.2) is 0 Å². The van der Waals surface area contributed by atoms with Crippen molar-refractivity contribution in [2.45, 2.75) is 52.2 Å². The van der Waals surface area contributed by atoms with Crippen LogP contribution in [0.2, 0.25) is 0 Å². The molecule has 0 spiro atoms. The molecule has 1 N–H and O–H groups in total. The molecule has 0 aliphatic heterocycles. The Bertz CT molecular complexity index is 1030. The average molecular weight is 539 g/mol. The van der Waals surface area contributed by atoms with Gasteiger partial charge in [-0.1, -0.05) is 46.3 Å². The number of para-hydroxylation sites is 1. The summed E-state index contributed by atoms with van der Waals surface area (Å²) in [4.78, 5) is 27.4. The summed E-state index contributed by atoms with van der Waals surface area (Å²) in [6, 6.07) is 15.7. The van der Waals surface area contributed by atoms with E-state index in [1.54, 1.807) is 36.1 Å². The molecule has 1 atom stereocenters. The summed E-state index contributed by atoms with van der Waals surface area (Å²) in [5.41, 5.74) is 1.46. The standard InChI is InChI=1S/C24H32BrN3O4S/c1-18(2)26-24(30)19(3)27(17-20-12-14-21(25)15-13-20)23(29)11-8-16-28(33(4,31)32)22-9-6-5-7-10-22/h5-7,9-10,12-15,18-19H,8,11,16-17H2,1-4H3,(H,26,30)/t19-/m1/s1. The largest absolute Gasteiger partial charge is 0.352 e. The number of anilines is 1. The van der Waals surface area contributed by atoms with E-state index >= 15 is 0 Å². The molecule has 9 heteroatoms. The van der Waals surface area contributed by atoms with E-state index in [2.05, 4.69) is 21.2 Å². The Morgan fingerprint density at radius 3 is 2.15 bits per heavy atom. The molecule has 2 aromatic rings. The summed E-state index contributed by atoms with van der Waals surface area (Å²) in [6.45, 7) is 5.91. The molecule has 0 bridgehead atoms. The summed E-state index contributed by atoms with van der Waals surface area (Å²) >= 11 is 3.40. The van der Waals surface area contributed by atoms with E-state index in [1.165, 1.54) is 4.31 Å². The predicted molar refractivity (Wildman–Crippen MR) is 135 cm³/mol. The Labute approximate surface area is 205 Å². The van der Waals surface area contributed by atoms with Crippen molar-refractivity contribution in [1.82, 2.24) is 10.2 Å². The zero-order chi connectivity index (χ0) is 24.6. The smallest absolute Gasteiger partial charge is 0.242 e. The third-order valence-electron chi connectivity index (χ3n) is 5.06. The van der Waals surface area contributed by atoms with Crippen LogP contribution in [-0.4, -0.2) is 50.0 Å². The average Bonchev–Trinajstić information content (AvgIpc) is 2.75. The minimum Gasteiger partial charge on any atom is -0.352 e. The first kappa shape index (κ1) is 26.9. The minimum absolute atomic E-state index is 0.0428. The molecule has 0 heterocycles. The van der Waals surface area contributed by atoms with Crippen LogP contribution < -0.4 is 9.62 Å². The summed E-state index contributed by atoms with van der Waals surface area (Å²) in [6.07, 6.45) is 1.60. The van der Waals surface area contributed by atoms with Crippen LogP contribution in [-0.2, 0) is 26.2 Å². The molecule has 180 valence electrons. The van der Waals surface area contributed by atoms with Gasteiger partial charge in [0.1, 0.15) is 6.04 Å². The number of carbonyl (C=O) groups is 2. The maximum atomic E-state index is 13.2. The lowest BCUT2D eigenvalue weighted by molar-refractivity contribution is -0.140. The number of benzene rings is 2. The minimum atomic E-state index is -3.49. The molecule has 2 amide bonds. The zero-order valence-electron chi connectivity index (χ0n) is 19.5. The summed E-state index contributed by atoms with van der Waals surface area (Å²) in [5.74, 6) is -0.427. The van der Waals surface area contributed by atoms with E-state index in [9.17, 15) is 18.0 Å². The number of nitrogens with zero attached hydrogens (tertiary/aromatic N) is 2. The van der Waals surface area contributed by atoms with Crippen LogP contribution in [0, 0.1) is 0 Å². The van der Waals surface area contributed by atoms with Crippen LogP contribution in [0.25, 0.3) is 0 Å². The first-order valence-electron chi connectivity index (χ1n) is 10.9. The fourth-order valence-electron chi connectivity index (χ4n) is 3.37. The molecule has 0 radical (unpaired) electrons. The molecule has 0 fully saturated rings. The van der Waals surface area contributed by atoms with Gasteiger partial charge in [0, 0.05) is 30.0 Å². The van der Waals surface area contributed by atoms with Crippen molar-refractivity contribution in [2.75, 3.05) is 17.1 Å². The maximum Gasteiger partial charge on any atom is 0.242 e. The zero-order valence-corrected chi connectivity index (χ0v) is 21.9. The molecule has 33 heavy (non-hydrogen) atoms. The Hall–Kier alpha value is -2.39. The maximum absolute atomic E-state index is 13.2. The first-order chi connectivity index (χ1) is 15.5. The quantitative estimate of drug-likeness (QED) is 0.470. The number of hydrogen-bond donors (Lipinski definition) is 1. The molecule has 0 aliphatic rings. The third-order valence-corrected chi connectivity index (χ3v) is 6.78. The SMILES string of the molecule is CC(C)NC(=O)[C@@H](C)N(Cc1ccc(Br)cc1)C(=O)CCCN(c1ccccc1)S(C)(=O)=O. The van der Waals surface area contributed by atoms with Crippen molar-refractivity contribution in [3.63, 3.8) is 0 Å². The van der Waals surface area contributed by atoms with Gasteiger partial charge in [0.05, 0.1) is 11.9 Å². The van der Waals surface area contributed by atoms with Crippen molar-refractivity contribution < 1.29 is 18.0 Å². The van der Waals surface area contributed by atoms with Crippen molar-refractivity contribution in [3.8, 4) is 0 Å². The van der Waals surface area contributed by atoms with Gasteiger partial charge in [-0.05, 0) is 57.0 Å². The first-order valence-corrected chi connectivity index (χ1v) is 13.5. The van der Waals surface area contributed by atoms with Crippen molar-refractivity contribution >= 4 is 43.5 Å². The second-order valence-corrected chi connectivity index (χ2v) is 11.1. The summed E-state index contributed by atoms with van der Waals surface area (Å²) in [5, 5.41) is 2.86. The predicted octanol–water partition coefficient (Wildman–Crippen LogP) is 3.94. The second-order valence-electron chi connectivity index (χ2n) is 8.26. The van der Waals surface area contributed by atoms with Crippen LogP contribution in [0.15, 0.2) is 59.1 Å². The lowest BCUT2D eigenvalue weighted by atomic mass is 10.1. The number of nitrogens with one attached hydrogen (secondary N) is 1. The highest BCUT2D eigenvalue weighted by Gasteiger charge is 2.27. The molecule has 2 rings (SSSR count). The Kier molecular flexibility index (Phi) is 9.91. The molecule has 0 aliphatic carbocycles. The summed E-state index contributed by atoms with van der Waals surface area (Å²) < 4.78 is 26.8. The van der Waals surface area contributed by atoms with Gasteiger partial charge in [0.2, 0.25) is 21.8 Å². The van der Waals surface area contributed by atoms with Crippen LogP contribution in [0.5, 0.6) is 0 Å². The van der Waals surface area contributed by atoms with Gasteiger partial charge in [-0.25, -0.2) is 8.42 Å². The monoisotopic (exact) mass is 537 g/mol. The lowest BCUT2D eigenvalue weighted by Crippen LogP contribution is -2.49. The number of halogens is 1. The van der Waals surface area contributed by atoms with Gasteiger partial charge < -0.3 is 10.2 Å². The third kappa shape index (κ3) is 8.47. The van der Waals surface area contributed by atoms with Crippen LogP contribution in [0.3, 0.4) is 0 Å². The lowest BCUT2D eigenvalue weighted by Gasteiger charge is -2.30. The van der Waals surface area contributed by atoms with Crippen LogP contribution >= 0.6 is 15.9 Å². The highest BCUT2D eigenvalue weighted by atomic mass is 79.9. The number of sulfonamides is 1. The van der Waals surface area contributed by atoms with Gasteiger partial charge in [0.25, 0.3) is 0 Å². The van der Waals surface area contributed by atoms with E-state index in [-0.39, 0.29) is 37.4 Å². The number of rotatable bonds is 11. The fraction of sp³-hybridized carbons (Fsp3) is 0.417. The highest BCUT2D eigenvalue weighted by Crippen LogP contribution is 2.19. The van der Waals surface area contributed by atoms with E-state index in [0.29, 0.717) is 12.1 Å². The Balaban J connectivity index is 2.14. The molecular formula is C24H32BrN3O4S. The van der Waals surface area contributed by atoms with Crippen molar-refractivity contribution in [1.29, 1.82) is 0 Å². The molecule has 0 saturated carbocycles. The van der Waals surface area contributed by atoms with E-state index < -0.39 is 16.1 Å². The molecule has 0 aromatic heterocycles. The van der Waals surface area contributed by atoms with Crippen molar-refractivity contribution in [3.05, 3.63) is 64.6 Å². The highest BCUT2D eigenvalue weighted by molar-refractivity contribution is 9.10. The number of carbonyl (C=O) groups excluding carboxylic acids is 2. The molecule has 2 aromatic carbocycles. The molecular weight excluding hydrogens is 506 g/mol. The van der Waals surface area contributed by atoms with E-state index in [0.717, 1.165) is 16.3 Å². The van der Waals surface area contributed by atoms with Crippen LogP contribution in [0.4, 0.5) is 5.69 Å². The Morgan fingerprint density at radius 1 is 1.00 bits per heavy atom. The normalized spacial score (nSPS) is 12.3. The molecule has 0 saturated heterocycles. The van der Waals surface area contributed by atoms with Gasteiger partial charge >= 0.3 is 0 Å². The van der Waals surface area contributed by atoms with Gasteiger partial charge in [-0.2, -0.15) is 0 Å². The van der Waals surface area contributed by atoms with Gasteiger partial charge in [-0.3, -0.25) is 13.9 Å². The van der Waals surface area contributed by atoms with Crippen molar-refractivity contribution in [2.24, 2.45) is 0 Å². The second kappa shape index (κ2) is 12.2. The summed E-state index contributed by atoms with van der Waals surface area (Å²) in [7, 11) is -3.49. The topological polar surface area (TPSA) is 86.8 Å². The number of hydrogen-bond acceptors (Lipinski definition) is 4.